The number of rotatable bonds is 9. The molecule has 0 aliphatic carbocycles. The molecule has 186 valence electrons. The van der Waals surface area contributed by atoms with Crippen molar-refractivity contribution in [2.45, 2.75) is 72.0 Å². The molecule has 0 saturated heterocycles. The maximum Gasteiger partial charge on any atom is 0.261 e. The number of hydrogen-bond donors (Lipinski definition) is 1. The second-order valence-electron chi connectivity index (χ2n) is 9.53. The maximum atomic E-state index is 13.4. The number of nitrogens with zero attached hydrogens (tertiary/aromatic N) is 1. The molecule has 0 aliphatic heterocycles. The highest BCUT2D eigenvalue weighted by molar-refractivity contribution is 9.10. The Bertz CT molecular complexity index is 1020. The van der Waals surface area contributed by atoms with Gasteiger partial charge in [-0.25, -0.2) is 0 Å². The summed E-state index contributed by atoms with van der Waals surface area (Å²) < 4.78 is 6.63. The van der Waals surface area contributed by atoms with Gasteiger partial charge in [-0.2, -0.15) is 0 Å². The highest BCUT2D eigenvalue weighted by Gasteiger charge is 2.30. The van der Waals surface area contributed by atoms with E-state index in [9.17, 15) is 9.59 Å². The van der Waals surface area contributed by atoms with Crippen LogP contribution in [-0.4, -0.2) is 35.4 Å². The zero-order valence-electron chi connectivity index (χ0n) is 20.5. The first-order valence-electron chi connectivity index (χ1n) is 11.3. The van der Waals surface area contributed by atoms with Gasteiger partial charge in [0, 0.05) is 22.6 Å². The van der Waals surface area contributed by atoms with Crippen LogP contribution in [0.15, 0.2) is 40.9 Å². The molecule has 5 nitrogen and oxygen atoms in total. The Balaban J connectivity index is 2.28. The summed E-state index contributed by atoms with van der Waals surface area (Å²) in [5.41, 5.74) is 1.84. The van der Waals surface area contributed by atoms with Crippen LogP contribution >= 0.6 is 39.1 Å². The summed E-state index contributed by atoms with van der Waals surface area (Å²) in [6.45, 7) is 12.0. The van der Waals surface area contributed by atoms with Gasteiger partial charge in [-0.3, -0.25) is 9.59 Å². The Morgan fingerprint density at radius 2 is 1.79 bits per heavy atom. The topological polar surface area (TPSA) is 58.6 Å². The Kier molecular flexibility index (Phi) is 10.3. The standard InChI is InChI=1S/C26H33BrCl2N2O3/c1-7-22(25(33)30-16(2)3)31(14-17-8-10-19(28)13-21(17)29)24(32)15-34-23-11-9-18(12-20(23)27)26(4,5)6/h8-13,16,22H,7,14-15H2,1-6H3,(H,30,33)/t22-/m1/s1. The van der Waals surface area contributed by atoms with Gasteiger partial charge < -0.3 is 15.0 Å². The lowest BCUT2D eigenvalue weighted by Crippen LogP contribution is -2.51. The number of nitrogens with one attached hydrogen (secondary N) is 1. The molecule has 0 saturated carbocycles. The Labute approximate surface area is 221 Å². The second kappa shape index (κ2) is 12.3. The molecule has 0 unspecified atom stereocenters. The first-order valence-corrected chi connectivity index (χ1v) is 12.8. The zero-order valence-corrected chi connectivity index (χ0v) is 23.6. The summed E-state index contributed by atoms with van der Waals surface area (Å²) in [5.74, 6) is 0.0284. The molecule has 0 aliphatic rings. The highest BCUT2D eigenvalue weighted by Crippen LogP contribution is 2.31. The van der Waals surface area contributed by atoms with Crippen LogP contribution in [0.4, 0.5) is 0 Å². The molecule has 2 aromatic carbocycles. The SMILES string of the molecule is CC[C@H](C(=O)NC(C)C)N(Cc1ccc(Cl)cc1Cl)C(=O)COc1ccc(C(C)(C)C)cc1Br. The Morgan fingerprint density at radius 3 is 2.32 bits per heavy atom. The van der Waals surface area contributed by atoms with Gasteiger partial charge in [0.2, 0.25) is 5.91 Å². The van der Waals surface area contributed by atoms with Gasteiger partial charge in [0.15, 0.2) is 6.61 Å². The van der Waals surface area contributed by atoms with Crippen LogP contribution in [0.5, 0.6) is 5.75 Å². The molecule has 2 rings (SSSR count). The maximum absolute atomic E-state index is 13.4. The number of ether oxygens (including phenoxy) is 1. The molecule has 8 heteroatoms. The van der Waals surface area contributed by atoms with Crippen LogP contribution in [0, 0.1) is 0 Å². The van der Waals surface area contributed by atoms with Gasteiger partial charge in [0.25, 0.3) is 5.91 Å². The molecule has 2 aromatic rings. The first kappa shape index (κ1) is 28.5. The number of carbonyl (C=O) groups excluding carboxylic acids is 2. The number of halogens is 3. The van der Waals surface area contributed by atoms with Gasteiger partial charge in [-0.05, 0) is 77.0 Å². The molecular formula is C26H33BrCl2N2O3. The summed E-state index contributed by atoms with van der Waals surface area (Å²) in [6.07, 6.45) is 0.444. The Hall–Kier alpha value is -1.76. The molecule has 0 radical (unpaired) electrons. The first-order chi connectivity index (χ1) is 15.8. The van der Waals surface area contributed by atoms with Crippen molar-refractivity contribution in [2.75, 3.05) is 6.61 Å². The molecule has 2 amide bonds. The van der Waals surface area contributed by atoms with Crippen molar-refractivity contribution < 1.29 is 14.3 Å². The molecule has 0 aromatic heterocycles. The van der Waals surface area contributed by atoms with Gasteiger partial charge in [0.1, 0.15) is 11.8 Å². The van der Waals surface area contributed by atoms with E-state index in [4.69, 9.17) is 27.9 Å². The van der Waals surface area contributed by atoms with Gasteiger partial charge in [-0.15, -0.1) is 0 Å². The van der Waals surface area contributed by atoms with E-state index in [1.807, 2.05) is 39.0 Å². The second-order valence-corrected chi connectivity index (χ2v) is 11.2. The monoisotopic (exact) mass is 570 g/mol. The number of benzene rings is 2. The lowest BCUT2D eigenvalue weighted by Gasteiger charge is -2.31. The summed E-state index contributed by atoms with van der Waals surface area (Å²) in [6, 6.07) is 10.2. The summed E-state index contributed by atoms with van der Waals surface area (Å²) in [5, 5.41) is 3.85. The molecular weight excluding hydrogens is 539 g/mol. The zero-order chi connectivity index (χ0) is 25.6. The van der Waals surface area contributed by atoms with Crippen molar-refractivity contribution in [3.63, 3.8) is 0 Å². The molecule has 34 heavy (non-hydrogen) atoms. The van der Waals surface area contributed by atoms with E-state index in [0.29, 0.717) is 27.8 Å². The highest BCUT2D eigenvalue weighted by atomic mass is 79.9. The third-order valence-electron chi connectivity index (χ3n) is 5.32. The molecule has 0 fully saturated rings. The predicted molar refractivity (Wildman–Crippen MR) is 143 cm³/mol. The van der Waals surface area contributed by atoms with E-state index in [2.05, 4.69) is 42.0 Å². The minimum atomic E-state index is -0.669. The van der Waals surface area contributed by atoms with E-state index >= 15 is 0 Å². The van der Waals surface area contributed by atoms with Crippen molar-refractivity contribution in [1.29, 1.82) is 0 Å². The van der Waals surface area contributed by atoms with Gasteiger partial charge in [0.05, 0.1) is 4.47 Å². The normalized spacial score (nSPS) is 12.4. The largest absolute Gasteiger partial charge is 0.483 e. The van der Waals surface area contributed by atoms with Crippen LogP contribution < -0.4 is 10.1 Å². The smallest absolute Gasteiger partial charge is 0.261 e. The lowest BCUT2D eigenvalue weighted by atomic mass is 9.87. The minimum Gasteiger partial charge on any atom is -0.483 e. The van der Waals surface area contributed by atoms with Crippen LogP contribution in [-0.2, 0) is 21.5 Å². The van der Waals surface area contributed by atoms with Crippen LogP contribution in [0.1, 0.15) is 59.1 Å². The van der Waals surface area contributed by atoms with E-state index in [-0.39, 0.29) is 36.4 Å². The fraction of sp³-hybridized carbons (Fsp3) is 0.462. The van der Waals surface area contributed by atoms with Crippen molar-refractivity contribution in [1.82, 2.24) is 10.2 Å². The fourth-order valence-electron chi connectivity index (χ4n) is 3.44. The third kappa shape index (κ3) is 7.89. The third-order valence-corrected chi connectivity index (χ3v) is 6.53. The quantitative estimate of drug-likeness (QED) is 0.361. The van der Waals surface area contributed by atoms with Crippen LogP contribution in [0.25, 0.3) is 0 Å². The summed E-state index contributed by atoms with van der Waals surface area (Å²) >= 11 is 16.0. The summed E-state index contributed by atoms with van der Waals surface area (Å²) in [4.78, 5) is 27.8. The van der Waals surface area contributed by atoms with Crippen molar-refractivity contribution in [3.8, 4) is 5.75 Å². The number of hydrogen-bond acceptors (Lipinski definition) is 3. The van der Waals surface area contributed by atoms with Crippen LogP contribution in [0.3, 0.4) is 0 Å². The van der Waals surface area contributed by atoms with E-state index < -0.39 is 6.04 Å². The molecule has 1 atom stereocenters. The number of carbonyl (C=O) groups is 2. The van der Waals surface area contributed by atoms with E-state index in [0.717, 1.165) is 10.0 Å². The van der Waals surface area contributed by atoms with Crippen LogP contribution in [0.2, 0.25) is 10.0 Å². The average Bonchev–Trinajstić information content (AvgIpc) is 2.72. The molecule has 1 N–H and O–H groups in total. The van der Waals surface area contributed by atoms with Gasteiger partial charge >= 0.3 is 0 Å². The number of amides is 2. The van der Waals surface area contributed by atoms with E-state index in [1.165, 1.54) is 4.90 Å². The fourth-order valence-corrected chi connectivity index (χ4v) is 4.40. The summed E-state index contributed by atoms with van der Waals surface area (Å²) in [7, 11) is 0. The minimum absolute atomic E-state index is 0.0103. The predicted octanol–water partition coefficient (Wildman–Crippen LogP) is 6.76. The van der Waals surface area contributed by atoms with Crippen molar-refractivity contribution >= 4 is 50.9 Å². The molecule has 0 bridgehead atoms. The van der Waals surface area contributed by atoms with Gasteiger partial charge in [-0.1, -0.05) is 63.0 Å². The average molecular weight is 572 g/mol. The van der Waals surface area contributed by atoms with E-state index in [1.54, 1.807) is 18.2 Å². The van der Waals surface area contributed by atoms with Crippen molar-refractivity contribution in [3.05, 3.63) is 62.0 Å². The van der Waals surface area contributed by atoms with Crippen molar-refractivity contribution in [2.24, 2.45) is 0 Å². The lowest BCUT2D eigenvalue weighted by molar-refractivity contribution is -0.143. The molecule has 0 heterocycles. The molecule has 0 spiro atoms. The Morgan fingerprint density at radius 1 is 1.12 bits per heavy atom.